The van der Waals surface area contributed by atoms with Gasteiger partial charge in [0, 0.05) is 41.7 Å². The highest BCUT2D eigenvalue weighted by Gasteiger charge is 2.36. The quantitative estimate of drug-likeness (QED) is 0.448. The Kier molecular flexibility index (Phi) is 6.21. The molecule has 168 valence electrons. The van der Waals surface area contributed by atoms with E-state index >= 15 is 0 Å². The number of Topliss-reactive ketones (excluding diaryl/α,β-unsaturated/α-hetero) is 1. The Morgan fingerprint density at radius 3 is 2.65 bits per heavy atom. The number of aromatic nitrogens is 1. The van der Waals surface area contributed by atoms with E-state index in [-0.39, 0.29) is 22.7 Å². The van der Waals surface area contributed by atoms with Crippen molar-refractivity contribution in [3.63, 3.8) is 0 Å². The van der Waals surface area contributed by atoms with E-state index in [1.807, 2.05) is 20.8 Å². The average Bonchev–Trinajstić information content (AvgIpc) is 2.94. The number of hydrogen-bond acceptors (Lipinski definition) is 4. The maximum Gasteiger partial charge on any atom is 0.573 e. The van der Waals surface area contributed by atoms with Crippen LogP contribution in [0.1, 0.15) is 51.3 Å². The summed E-state index contributed by atoms with van der Waals surface area (Å²) in [5, 5.41) is 10.9. The van der Waals surface area contributed by atoms with Crippen molar-refractivity contribution in [3.05, 3.63) is 40.8 Å². The lowest BCUT2D eigenvalue weighted by molar-refractivity contribution is -0.274. The molecular weight excluding hydrogens is 409 g/mol. The van der Waals surface area contributed by atoms with Crippen molar-refractivity contribution in [1.82, 2.24) is 4.98 Å². The number of nitrogens with one attached hydrogen (secondary N) is 1. The number of aliphatic hydroxyl groups excluding tert-OH is 1. The number of hydrogen-bond donors (Lipinski definition) is 2. The van der Waals surface area contributed by atoms with Crippen LogP contribution in [-0.2, 0) is 11.2 Å². The maximum absolute atomic E-state index is 12.6. The molecule has 8 heteroatoms. The summed E-state index contributed by atoms with van der Waals surface area (Å²) in [7, 11) is 0. The van der Waals surface area contributed by atoms with Gasteiger partial charge in [-0.1, -0.05) is 20.8 Å². The molecule has 5 nitrogen and oxygen atoms in total. The van der Waals surface area contributed by atoms with Crippen molar-refractivity contribution in [2.75, 3.05) is 6.54 Å². The van der Waals surface area contributed by atoms with Crippen LogP contribution < -0.4 is 4.74 Å². The summed E-state index contributed by atoms with van der Waals surface area (Å²) >= 11 is 0. The molecule has 0 bridgehead atoms. The first-order valence-corrected chi connectivity index (χ1v) is 10.3. The fourth-order valence-electron chi connectivity index (χ4n) is 4.11. The number of fused-ring (bicyclic) bond motifs is 1. The largest absolute Gasteiger partial charge is 0.573 e. The van der Waals surface area contributed by atoms with E-state index in [4.69, 9.17) is 0 Å². The molecule has 0 saturated heterocycles. The van der Waals surface area contributed by atoms with Crippen molar-refractivity contribution >= 4 is 22.4 Å². The number of aryl methyl sites for hydroxylation is 1. The fraction of sp³-hybridized carbons (Fsp3) is 0.478. The first-order chi connectivity index (χ1) is 14.4. The maximum atomic E-state index is 12.6. The topological polar surface area (TPSA) is 74.7 Å². The van der Waals surface area contributed by atoms with Crippen LogP contribution in [0.4, 0.5) is 13.2 Å². The Morgan fingerprint density at radius 1 is 1.29 bits per heavy atom. The first-order valence-electron chi connectivity index (χ1n) is 10.3. The number of aromatic amines is 1. The Hall–Kier alpha value is -2.77. The average molecular weight is 436 g/mol. The number of benzene rings is 1. The van der Waals surface area contributed by atoms with Gasteiger partial charge in [-0.05, 0) is 48.9 Å². The van der Waals surface area contributed by atoms with E-state index in [0.29, 0.717) is 54.4 Å². The van der Waals surface area contributed by atoms with E-state index in [1.54, 1.807) is 13.0 Å². The zero-order valence-electron chi connectivity index (χ0n) is 18.1. The summed E-state index contributed by atoms with van der Waals surface area (Å²) in [5.74, 6) is -0.327. The zero-order chi connectivity index (χ0) is 23.0. The molecule has 1 aromatic carbocycles. The predicted molar refractivity (Wildman–Crippen MR) is 114 cm³/mol. The minimum absolute atomic E-state index is 0.0523. The molecule has 0 amide bonds. The van der Waals surface area contributed by atoms with Gasteiger partial charge in [0.05, 0.1) is 5.57 Å². The van der Waals surface area contributed by atoms with Gasteiger partial charge in [-0.25, -0.2) is 0 Å². The third kappa shape index (κ3) is 5.29. The molecule has 2 aromatic rings. The number of H-pyrrole nitrogens is 1. The first kappa shape index (κ1) is 22.9. The highest BCUT2D eigenvalue weighted by Crippen LogP contribution is 2.36. The Morgan fingerprint density at radius 2 is 2.00 bits per heavy atom. The minimum Gasteiger partial charge on any atom is -0.512 e. The van der Waals surface area contributed by atoms with Gasteiger partial charge in [0.2, 0.25) is 0 Å². The van der Waals surface area contributed by atoms with Crippen LogP contribution >= 0.6 is 0 Å². The molecule has 1 heterocycles. The van der Waals surface area contributed by atoms with E-state index in [2.05, 4.69) is 14.7 Å². The van der Waals surface area contributed by atoms with Gasteiger partial charge in [-0.3, -0.25) is 9.79 Å². The summed E-state index contributed by atoms with van der Waals surface area (Å²) in [6.07, 6.45) is -3.00. The van der Waals surface area contributed by atoms with Gasteiger partial charge in [-0.2, -0.15) is 0 Å². The number of alkyl halides is 3. The number of aliphatic imine (C=N–C) groups is 1. The van der Waals surface area contributed by atoms with Gasteiger partial charge in [0.25, 0.3) is 0 Å². The molecule has 1 fully saturated rings. The van der Waals surface area contributed by atoms with Crippen molar-refractivity contribution < 1.29 is 27.8 Å². The van der Waals surface area contributed by atoms with Gasteiger partial charge in [-0.15, -0.1) is 13.2 Å². The van der Waals surface area contributed by atoms with E-state index in [0.717, 1.165) is 11.3 Å². The molecule has 3 rings (SSSR count). The highest BCUT2D eigenvalue weighted by atomic mass is 19.4. The zero-order valence-corrected chi connectivity index (χ0v) is 18.1. The second-order valence-corrected chi connectivity index (χ2v) is 8.68. The molecule has 1 aliphatic carbocycles. The summed E-state index contributed by atoms with van der Waals surface area (Å²) < 4.78 is 41.8. The number of carbonyl (C=O) groups is 1. The molecule has 0 radical (unpaired) electrons. The summed E-state index contributed by atoms with van der Waals surface area (Å²) in [6.45, 7) is 7.97. The molecule has 0 spiro atoms. The standard InChI is InChI=1S/C23H27F3N2O3/c1-5-19(29)21-18(11-22(3,4)12-20(21)30)27-9-8-15-13(2)28-17-7-6-14(10-16(15)17)31-23(24,25)26/h6-7,10,28-29H,5,8-9,11-12H2,1-4H3/b21-19+,27-18?. The molecule has 1 saturated carbocycles. The lowest BCUT2D eigenvalue weighted by Crippen LogP contribution is -2.32. The smallest absolute Gasteiger partial charge is 0.512 e. The monoisotopic (exact) mass is 436 g/mol. The fourth-order valence-corrected chi connectivity index (χ4v) is 4.11. The van der Waals surface area contributed by atoms with Crippen molar-refractivity contribution in [2.45, 2.75) is 59.7 Å². The van der Waals surface area contributed by atoms with Crippen LogP contribution in [0.5, 0.6) is 5.75 Å². The summed E-state index contributed by atoms with van der Waals surface area (Å²) in [6, 6.07) is 4.20. The number of ketones is 1. The summed E-state index contributed by atoms with van der Waals surface area (Å²) in [4.78, 5) is 20.4. The van der Waals surface area contributed by atoms with Gasteiger partial charge < -0.3 is 14.8 Å². The normalized spacial score (nSPS) is 19.8. The molecule has 1 aromatic heterocycles. The van der Waals surface area contributed by atoms with E-state index in [1.165, 1.54) is 12.1 Å². The summed E-state index contributed by atoms with van der Waals surface area (Å²) in [5.41, 5.74) is 3.07. The third-order valence-corrected chi connectivity index (χ3v) is 5.47. The van der Waals surface area contributed by atoms with Crippen LogP contribution in [-0.4, -0.2) is 34.5 Å². The van der Waals surface area contributed by atoms with Crippen LogP contribution in [0.3, 0.4) is 0 Å². The Labute approximate surface area is 179 Å². The number of rotatable bonds is 5. The lowest BCUT2D eigenvalue weighted by Gasteiger charge is -2.31. The van der Waals surface area contributed by atoms with Crippen LogP contribution in [0.2, 0.25) is 0 Å². The van der Waals surface area contributed by atoms with Gasteiger partial charge in [0.1, 0.15) is 11.5 Å². The Balaban J connectivity index is 1.88. The number of carbonyl (C=O) groups excluding carboxylic acids is 1. The minimum atomic E-state index is -4.75. The second kappa shape index (κ2) is 8.40. The molecule has 0 aliphatic heterocycles. The number of ether oxygens (including phenoxy) is 1. The van der Waals surface area contributed by atoms with Crippen LogP contribution in [0.25, 0.3) is 10.9 Å². The number of aliphatic hydroxyl groups is 1. The highest BCUT2D eigenvalue weighted by molar-refractivity contribution is 6.24. The molecule has 0 unspecified atom stereocenters. The van der Waals surface area contributed by atoms with Crippen molar-refractivity contribution in [1.29, 1.82) is 0 Å². The molecular formula is C23H27F3N2O3. The predicted octanol–water partition coefficient (Wildman–Crippen LogP) is 5.97. The molecule has 31 heavy (non-hydrogen) atoms. The number of allylic oxidation sites excluding steroid dienone is 2. The van der Waals surface area contributed by atoms with Crippen molar-refractivity contribution in [3.8, 4) is 5.75 Å². The SMILES string of the molecule is CC/C(O)=C1\C(=O)CC(C)(C)CC1=NCCc1c(C)[nH]c2ccc(OC(F)(F)F)cc12. The van der Waals surface area contributed by atoms with E-state index < -0.39 is 6.36 Å². The molecule has 1 aliphatic rings. The molecule has 2 N–H and O–H groups in total. The third-order valence-electron chi connectivity index (χ3n) is 5.47. The molecule has 0 atom stereocenters. The van der Waals surface area contributed by atoms with Gasteiger partial charge >= 0.3 is 6.36 Å². The van der Waals surface area contributed by atoms with Crippen LogP contribution in [0, 0.1) is 12.3 Å². The van der Waals surface area contributed by atoms with Gasteiger partial charge in [0.15, 0.2) is 5.78 Å². The number of halogens is 3. The van der Waals surface area contributed by atoms with Crippen LogP contribution in [0.15, 0.2) is 34.5 Å². The second-order valence-electron chi connectivity index (χ2n) is 8.68. The lowest BCUT2D eigenvalue weighted by atomic mass is 9.73. The Bertz CT molecular complexity index is 1060. The van der Waals surface area contributed by atoms with Crippen molar-refractivity contribution in [2.24, 2.45) is 10.4 Å². The van der Waals surface area contributed by atoms with E-state index in [9.17, 15) is 23.1 Å². The number of nitrogens with zero attached hydrogens (tertiary/aromatic N) is 1.